The zero-order valence-corrected chi connectivity index (χ0v) is 9.01. The molecule has 0 fully saturated rings. The predicted molar refractivity (Wildman–Crippen MR) is 53.0 cm³/mol. The SMILES string of the molecule is CCOC(C)c1noc(C(O)CCN)n1. The van der Waals surface area contributed by atoms with Gasteiger partial charge in [-0.05, 0) is 26.8 Å². The fourth-order valence-electron chi connectivity index (χ4n) is 1.15. The van der Waals surface area contributed by atoms with Crippen molar-refractivity contribution >= 4 is 0 Å². The molecule has 1 aromatic rings. The molecular weight excluding hydrogens is 198 g/mol. The van der Waals surface area contributed by atoms with Crippen molar-refractivity contribution < 1.29 is 14.4 Å². The Morgan fingerprint density at radius 2 is 2.33 bits per heavy atom. The lowest BCUT2D eigenvalue weighted by atomic mass is 10.2. The highest BCUT2D eigenvalue weighted by Crippen LogP contribution is 2.18. The van der Waals surface area contributed by atoms with E-state index < -0.39 is 6.10 Å². The van der Waals surface area contributed by atoms with Crippen molar-refractivity contribution in [3.8, 4) is 0 Å². The average Bonchev–Trinajstić information content (AvgIpc) is 2.67. The van der Waals surface area contributed by atoms with Gasteiger partial charge in [-0.15, -0.1) is 0 Å². The first kappa shape index (κ1) is 12.1. The van der Waals surface area contributed by atoms with Crippen LogP contribution in [0.4, 0.5) is 0 Å². The topological polar surface area (TPSA) is 94.4 Å². The molecule has 0 radical (unpaired) electrons. The summed E-state index contributed by atoms with van der Waals surface area (Å²) in [6.07, 6.45) is -0.604. The lowest BCUT2D eigenvalue weighted by Crippen LogP contribution is -2.07. The standard InChI is InChI=1S/C9H17N3O3/c1-3-14-6(2)8-11-9(15-12-8)7(13)4-5-10/h6-7,13H,3-5,10H2,1-2H3. The van der Waals surface area contributed by atoms with Crippen LogP contribution in [0.25, 0.3) is 0 Å². The number of ether oxygens (including phenoxy) is 1. The normalized spacial score (nSPS) is 15.2. The number of hydrogen-bond donors (Lipinski definition) is 2. The van der Waals surface area contributed by atoms with Gasteiger partial charge in [0.15, 0.2) is 5.82 Å². The molecule has 15 heavy (non-hydrogen) atoms. The third kappa shape index (κ3) is 3.26. The van der Waals surface area contributed by atoms with Crippen LogP contribution in [0.3, 0.4) is 0 Å². The summed E-state index contributed by atoms with van der Waals surface area (Å²) in [4.78, 5) is 4.04. The summed E-state index contributed by atoms with van der Waals surface area (Å²) in [5, 5.41) is 13.3. The third-order valence-electron chi connectivity index (χ3n) is 1.96. The van der Waals surface area contributed by atoms with Gasteiger partial charge in [0, 0.05) is 6.61 Å². The molecule has 0 aromatic carbocycles. The quantitative estimate of drug-likeness (QED) is 0.719. The minimum atomic E-state index is -0.787. The van der Waals surface area contributed by atoms with Crippen molar-refractivity contribution in [2.24, 2.45) is 5.73 Å². The van der Waals surface area contributed by atoms with Gasteiger partial charge in [0.25, 0.3) is 5.89 Å². The highest BCUT2D eigenvalue weighted by molar-refractivity contribution is 4.92. The summed E-state index contributed by atoms with van der Waals surface area (Å²) in [6, 6.07) is 0. The molecule has 0 aliphatic carbocycles. The number of nitrogens with two attached hydrogens (primary N) is 1. The van der Waals surface area contributed by atoms with Crippen LogP contribution in [-0.2, 0) is 4.74 Å². The van der Waals surface area contributed by atoms with E-state index in [9.17, 15) is 5.11 Å². The Hall–Kier alpha value is -0.980. The fourth-order valence-corrected chi connectivity index (χ4v) is 1.15. The first-order chi connectivity index (χ1) is 7.19. The van der Waals surface area contributed by atoms with Crippen molar-refractivity contribution in [3.63, 3.8) is 0 Å². The first-order valence-electron chi connectivity index (χ1n) is 5.02. The van der Waals surface area contributed by atoms with Crippen LogP contribution in [0.15, 0.2) is 4.52 Å². The molecule has 6 nitrogen and oxygen atoms in total. The summed E-state index contributed by atoms with van der Waals surface area (Å²) in [7, 11) is 0. The van der Waals surface area contributed by atoms with E-state index in [1.54, 1.807) is 0 Å². The maximum Gasteiger partial charge on any atom is 0.255 e. The second kappa shape index (κ2) is 5.79. The van der Waals surface area contributed by atoms with E-state index in [1.807, 2.05) is 13.8 Å². The van der Waals surface area contributed by atoms with E-state index in [-0.39, 0.29) is 12.0 Å². The number of hydrogen-bond acceptors (Lipinski definition) is 6. The summed E-state index contributed by atoms with van der Waals surface area (Å²) in [5.74, 6) is 0.643. The summed E-state index contributed by atoms with van der Waals surface area (Å²) < 4.78 is 10.2. The molecule has 0 amide bonds. The molecule has 1 heterocycles. The van der Waals surface area contributed by atoms with Crippen LogP contribution in [0.2, 0.25) is 0 Å². The van der Waals surface area contributed by atoms with Crippen molar-refractivity contribution in [1.29, 1.82) is 0 Å². The fraction of sp³-hybridized carbons (Fsp3) is 0.778. The van der Waals surface area contributed by atoms with E-state index >= 15 is 0 Å². The van der Waals surface area contributed by atoms with Crippen LogP contribution in [0, 0.1) is 0 Å². The van der Waals surface area contributed by atoms with Crippen LogP contribution in [0.5, 0.6) is 0 Å². The molecular formula is C9H17N3O3. The van der Waals surface area contributed by atoms with Gasteiger partial charge < -0.3 is 20.1 Å². The largest absolute Gasteiger partial charge is 0.383 e. The molecule has 0 saturated carbocycles. The van der Waals surface area contributed by atoms with E-state index in [0.717, 1.165) is 0 Å². The molecule has 3 N–H and O–H groups in total. The zero-order valence-electron chi connectivity index (χ0n) is 9.01. The zero-order chi connectivity index (χ0) is 11.3. The highest BCUT2D eigenvalue weighted by atomic mass is 16.5. The first-order valence-corrected chi connectivity index (χ1v) is 5.02. The Morgan fingerprint density at radius 3 is 2.93 bits per heavy atom. The highest BCUT2D eigenvalue weighted by Gasteiger charge is 2.18. The van der Waals surface area contributed by atoms with Gasteiger partial charge >= 0.3 is 0 Å². The molecule has 2 unspecified atom stereocenters. The molecule has 1 aromatic heterocycles. The Balaban J connectivity index is 2.62. The maximum absolute atomic E-state index is 9.53. The predicted octanol–water partition coefficient (Wildman–Crippen LogP) is 0.549. The third-order valence-corrected chi connectivity index (χ3v) is 1.96. The summed E-state index contributed by atoms with van der Waals surface area (Å²) in [5.41, 5.74) is 5.31. The average molecular weight is 215 g/mol. The smallest absolute Gasteiger partial charge is 0.255 e. The molecule has 0 bridgehead atoms. The van der Waals surface area contributed by atoms with Gasteiger partial charge in [-0.1, -0.05) is 5.16 Å². The van der Waals surface area contributed by atoms with Crippen LogP contribution < -0.4 is 5.73 Å². The van der Waals surface area contributed by atoms with Crippen molar-refractivity contribution in [1.82, 2.24) is 10.1 Å². The minimum absolute atomic E-state index is 0.196. The maximum atomic E-state index is 9.53. The van der Waals surface area contributed by atoms with Crippen LogP contribution in [-0.4, -0.2) is 28.4 Å². The van der Waals surface area contributed by atoms with E-state index in [4.69, 9.17) is 15.0 Å². The molecule has 2 atom stereocenters. The van der Waals surface area contributed by atoms with Crippen molar-refractivity contribution in [2.75, 3.05) is 13.2 Å². The number of aliphatic hydroxyl groups is 1. The Kier molecular flexibility index (Phi) is 4.67. The molecule has 0 saturated heterocycles. The Morgan fingerprint density at radius 1 is 1.60 bits per heavy atom. The van der Waals surface area contributed by atoms with E-state index in [1.165, 1.54) is 0 Å². The van der Waals surface area contributed by atoms with Gasteiger partial charge in [-0.3, -0.25) is 0 Å². The molecule has 86 valence electrons. The van der Waals surface area contributed by atoms with Gasteiger partial charge in [-0.25, -0.2) is 0 Å². The van der Waals surface area contributed by atoms with E-state index in [2.05, 4.69) is 10.1 Å². The van der Waals surface area contributed by atoms with Crippen molar-refractivity contribution in [2.45, 2.75) is 32.5 Å². The monoisotopic (exact) mass is 215 g/mol. The molecule has 6 heteroatoms. The Labute approximate surface area is 88.4 Å². The van der Waals surface area contributed by atoms with Gasteiger partial charge in [0.2, 0.25) is 0 Å². The second-order valence-corrected chi connectivity index (χ2v) is 3.18. The molecule has 0 aliphatic heterocycles. The van der Waals surface area contributed by atoms with Gasteiger partial charge in [0.1, 0.15) is 12.2 Å². The number of aliphatic hydroxyl groups excluding tert-OH is 1. The molecule has 1 rings (SSSR count). The van der Waals surface area contributed by atoms with Gasteiger partial charge in [-0.2, -0.15) is 4.98 Å². The van der Waals surface area contributed by atoms with E-state index in [0.29, 0.717) is 25.4 Å². The van der Waals surface area contributed by atoms with Crippen LogP contribution >= 0.6 is 0 Å². The van der Waals surface area contributed by atoms with Gasteiger partial charge in [0.05, 0.1) is 0 Å². The summed E-state index contributed by atoms with van der Waals surface area (Å²) in [6.45, 7) is 4.67. The molecule has 0 spiro atoms. The minimum Gasteiger partial charge on any atom is -0.383 e. The summed E-state index contributed by atoms with van der Waals surface area (Å²) >= 11 is 0. The second-order valence-electron chi connectivity index (χ2n) is 3.18. The lowest BCUT2D eigenvalue weighted by Gasteiger charge is -2.05. The Bertz CT molecular complexity index is 263. The number of nitrogens with zero attached hydrogens (tertiary/aromatic N) is 2. The molecule has 0 aliphatic rings. The lowest BCUT2D eigenvalue weighted by molar-refractivity contribution is 0.0682. The number of rotatable bonds is 6. The van der Waals surface area contributed by atoms with Crippen LogP contribution in [0.1, 0.15) is 44.2 Å². The van der Waals surface area contributed by atoms with Crippen molar-refractivity contribution in [3.05, 3.63) is 11.7 Å². The number of aromatic nitrogens is 2.